The molecule has 2 aliphatic rings. The fourth-order valence-electron chi connectivity index (χ4n) is 3.84. The van der Waals surface area contributed by atoms with Crippen molar-refractivity contribution in [2.24, 2.45) is 17.8 Å². The molecule has 2 saturated carbocycles. The van der Waals surface area contributed by atoms with E-state index >= 15 is 0 Å². The first-order valence-corrected chi connectivity index (χ1v) is 7.39. The van der Waals surface area contributed by atoms with Crippen molar-refractivity contribution in [3.63, 3.8) is 0 Å². The molecule has 0 unspecified atom stereocenters. The first-order chi connectivity index (χ1) is 7.90. The van der Waals surface area contributed by atoms with Gasteiger partial charge in [0.05, 0.1) is 0 Å². The molecule has 0 radical (unpaired) electrons. The van der Waals surface area contributed by atoms with Crippen LogP contribution in [0.25, 0.3) is 0 Å². The molecule has 16 heavy (non-hydrogen) atoms. The van der Waals surface area contributed by atoms with Crippen LogP contribution in [0.2, 0.25) is 0 Å². The molecule has 2 rings (SSSR count). The zero-order chi connectivity index (χ0) is 11.2. The number of methoxy groups -OCH3 is 1. The molecule has 1 heteroatoms. The molecule has 0 aromatic heterocycles. The zero-order valence-electron chi connectivity index (χ0n) is 10.9. The Labute approximate surface area is 101 Å². The highest BCUT2D eigenvalue weighted by Crippen LogP contribution is 2.40. The van der Waals surface area contributed by atoms with Gasteiger partial charge >= 0.3 is 0 Å². The van der Waals surface area contributed by atoms with Gasteiger partial charge in [0.25, 0.3) is 0 Å². The van der Waals surface area contributed by atoms with Crippen LogP contribution in [-0.4, -0.2) is 13.7 Å². The summed E-state index contributed by atoms with van der Waals surface area (Å²) in [6.45, 7) is 0.971. The van der Waals surface area contributed by atoms with Crippen molar-refractivity contribution in [3.8, 4) is 0 Å². The minimum absolute atomic E-state index is 0.971. The van der Waals surface area contributed by atoms with E-state index in [1.165, 1.54) is 64.2 Å². The Bertz CT molecular complexity index is 176. The molecule has 2 fully saturated rings. The molecule has 0 aromatic rings. The van der Waals surface area contributed by atoms with Gasteiger partial charge in [-0.3, -0.25) is 0 Å². The summed E-state index contributed by atoms with van der Waals surface area (Å²) in [5.74, 6) is 3.15. The van der Waals surface area contributed by atoms with Gasteiger partial charge in [0, 0.05) is 13.7 Å². The first kappa shape index (κ1) is 12.4. The van der Waals surface area contributed by atoms with E-state index in [1.54, 1.807) is 0 Å². The van der Waals surface area contributed by atoms with Gasteiger partial charge in [-0.05, 0) is 37.0 Å². The van der Waals surface area contributed by atoms with E-state index in [2.05, 4.69) is 0 Å². The number of rotatable bonds is 4. The average Bonchev–Trinajstić information content (AvgIpc) is 2.38. The molecule has 0 spiro atoms. The maximum absolute atomic E-state index is 5.19. The summed E-state index contributed by atoms with van der Waals surface area (Å²) in [4.78, 5) is 0. The molecule has 1 nitrogen and oxygen atoms in total. The molecule has 0 aromatic carbocycles. The lowest BCUT2D eigenvalue weighted by Crippen LogP contribution is -2.24. The Morgan fingerprint density at radius 2 is 1.44 bits per heavy atom. The number of hydrogen-bond donors (Lipinski definition) is 0. The predicted molar refractivity (Wildman–Crippen MR) is 68.5 cm³/mol. The van der Waals surface area contributed by atoms with Crippen molar-refractivity contribution >= 4 is 0 Å². The van der Waals surface area contributed by atoms with Crippen molar-refractivity contribution in [2.45, 2.75) is 64.2 Å². The maximum Gasteiger partial charge on any atom is 0.0464 e. The van der Waals surface area contributed by atoms with Gasteiger partial charge in [-0.1, -0.05) is 44.9 Å². The van der Waals surface area contributed by atoms with Crippen LogP contribution in [0.1, 0.15) is 64.2 Å². The van der Waals surface area contributed by atoms with E-state index in [4.69, 9.17) is 4.74 Å². The summed E-state index contributed by atoms with van der Waals surface area (Å²) in [5.41, 5.74) is 0. The Balaban J connectivity index is 1.67. The van der Waals surface area contributed by atoms with Gasteiger partial charge in [-0.2, -0.15) is 0 Å². The number of hydrogen-bond acceptors (Lipinski definition) is 1. The van der Waals surface area contributed by atoms with E-state index in [-0.39, 0.29) is 0 Å². The second-order valence-electron chi connectivity index (χ2n) is 5.96. The zero-order valence-corrected chi connectivity index (χ0v) is 10.9. The predicted octanol–water partition coefficient (Wildman–Crippen LogP) is 4.41. The summed E-state index contributed by atoms with van der Waals surface area (Å²) in [7, 11) is 1.83. The summed E-state index contributed by atoms with van der Waals surface area (Å²) < 4.78 is 5.19. The topological polar surface area (TPSA) is 9.23 Å². The van der Waals surface area contributed by atoms with Crippen LogP contribution in [0, 0.1) is 17.8 Å². The van der Waals surface area contributed by atoms with E-state index in [1.807, 2.05) is 7.11 Å². The fraction of sp³-hybridized carbons (Fsp3) is 1.00. The lowest BCUT2D eigenvalue weighted by atomic mass is 9.70. The first-order valence-electron chi connectivity index (χ1n) is 7.39. The molecule has 94 valence electrons. The normalized spacial score (nSPS) is 32.8. The molecular formula is C15H28O. The average molecular weight is 224 g/mol. The van der Waals surface area contributed by atoms with Gasteiger partial charge in [0.15, 0.2) is 0 Å². The minimum atomic E-state index is 0.971. The van der Waals surface area contributed by atoms with Gasteiger partial charge < -0.3 is 4.74 Å². The van der Waals surface area contributed by atoms with Crippen LogP contribution in [0.15, 0.2) is 0 Å². The Hall–Kier alpha value is -0.0400. The maximum atomic E-state index is 5.19. The summed E-state index contributed by atoms with van der Waals surface area (Å²) >= 11 is 0. The lowest BCUT2D eigenvalue weighted by molar-refractivity contribution is 0.131. The van der Waals surface area contributed by atoms with E-state index in [0.717, 1.165) is 24.4 Å². The van der Waals surface area contributed by atoms with Gasteiger partial charge in [0.2, 0.25) is 0 Å². The van der Waals surface area contributed by atoms with Crippen LogP contribution in [-0.2, 0) is 4.74 Å². The summed E-state index contributed by atoms with van der Waals surface area (Å²) in [6, 6.07) is 0. The van der Waals surface area contributed by atoms with Crippen molar-refractivity contribution in [1.29, 1.82) is 0 Å². The van der Waals surface area contributed by atoms with Crippen molar-refractivity contribution in [3.05, 3.63) is 0 Å². The van der Waals surface area contributed by atoms with Crippen LogP contribution >= 0.6 is 0 Å². The molecule has 0 bridgehead atoms. The summed E-state index contributed by atoms with van der Waals surface area (Å²) in [5, 5.41) is 0. The Morgan fingerprint density at radius 3 is 2.06 bits per heavy atom. The molecule has 0 N–H and O–H groups in total. The molecule has 2 aliphatic carbocycles. The molecular weight excluding hydrogens is 196 g/mol. The van der Waals surface area contributed by atoms with Crippen LogP contribution in [0.3, 0.4) is 0 Å². The van der Waals surface area contributed by atoms with E-state index in [9.17, 15) is 0 Å². The second kappa shape index (κ2) is 6.64. The minimum Gasteiger partial charge on any atom is -0.385 e. The SMILES string of the molecule is COCCC1CCC(C2CCCCC2)CC1. The third-order valence-electron chi connectivity index (χ3n) is 4.94. The number of ether oxygens (including phenoxy) is 1. The third-order valence-corrected chi connectivity index (χ3v) is 4.94. The van der Waals surface area contributed by atoms with Crippen LogP contribution in [0.4, 0.5) is 0 Å². The standard InChI is InChI=1S/C15H28O/c1-16-12-11-13-7-9-15(10-8-13)14-5-3-2-4-6-14/h13-15H,2-12H2,1H3. The molecule has 0 amide bonds. The fourth-order valence-corrected chi connectivity index (χ4v) is 3.84. The van der Waals surface area contributed by atoms with Crippen LogP contribution < -0.4 is 0 Å². The van der Waals surface area contributed by atoms with Crippen molar-refractivity contribution in [2.75, 3.05) is 13.7 Å². The third kappa shape index (κ3) is 3.48. The highest BCUT2D eigenvalue weighted by atomic mass is 16.5. The highest BCUT2D eigenvalue weighted by molar-refractivity contribution is 4.79. The second-order valence-corrected chi connectivity index (χ2v) is 5.96. The van der Waals surface area contributed by atoms with Crippen molar-refractivity contribution < 1.29 is 4.74 Å². The van der Waals surface area contributed by atoms with Gasteiger partial charge in [0.1, 0.15) is 0 Å². The lowest BCUT2D eigenvalue weighted by Gasteiger charge is -2.35. The largest absolute Gasteiger partial charge is 0.385 e. The van der Waals surface area contributed by atoms with Crippen molar-refractivity contribution in [1.82, 2.24) is 0 Å². The molecule has 0 aliphatic heterocycles. The van der Waals surface area contributed by atoms with Crippen LogP contribution in [0.5, 0.6) is 0 Å². The van der Waals surface area contributed by atoms with E-state index in [0.29, 0.717) is 0 Å². The highest BCUT2D eigenvalue weighted by Gasteiger charge is 2.28. The molecule has 0 heterocycles. The van der Waals surface area contributed by atoms with Gasteiger partial charge in [-0.15, -0.1) is 0 Å². The molecule has 0 atom stereocenters. The molecule has 0 saturated heterocycles. The Kier molecular flexibility index (Phi) is 5.15. The quantitative estimate of drug-likeness (QED) is 0.687. The smallest absolute Gasteiger partial charge is 0.0464 e. The monoisotopic (exact) mass is 224 g/mol. The van der Waals surface area contributed by atoms with E-state index < -0.39 is 0 Å². The van der Waals surface area contributed by atoms with Gasteiger partial charge in [-0.25, -0.2) is 0 Å². The summed E-state index contributed by atoms with van der Waals surface area (Å²) in [6.07, 6.45) is 14.9. The Morgan fingerprint density at radius 1 is 0.812 bits per heavy atom.